The van der Waals surface area contributed by atoms with Crippen LogP contribution >= 0.6 is 0 Å². The molecule has 1 heterocycles. The zero-order valence-electron chi connectivity index (χ0n) is 8.90. The van der Waals surface area contributed by atoms with E-state index in [2.05, 4.69) is 20.8 Å². The lowest BCUT2D eigenvalue weighted by Gasteiger charge is -2.09. The fourth-order valence-corrected chi connectivity index (χ4v) is 1.17. The summed E-state index contributed by atoms with van der Waals surface area (Å²) in [5.74, 6) is 0.864. The molecule has 1 rings (SSSR count). The number of hydrogen-bond donors (Lipinski definition) is 1. The van der Waals surface area contributed by atoms with E-state index < -0.39 is 0 Å². The first kappa shape index (κ1) is 11.1. The smallest absolute Gasteiger partial charge is 0.167 e. The maximum atomic E-state index is 4.97. The summed E-state index contributed by atoms with van der Waals surface area (Å²) in [6, 6.07) is 0.174. The number of aryl methyl sites for hydroxylation is 1. The van der Waals surface area contributed by atoms with Crippen molar-refractivity contribution < 1.29 is 4.74 Å². The highest BCUT2D eigenvalue weighted by atomic mass is 16.5. The third kappa shape index (κ3) is 2.74. The SMILES string of the molecule is CNC(C)c1nnnn1CCCOC. The fourth-order valence-electron chi connectivity index (χ4n) is 1.17. The molecule has 1 atom stereocenters. The summed E-state index contributed by atoms with van der Waals surface area (Å²) in [6.45, 7) is 3.55. The predicted octanol–water partition coefficient (Wildman–Crippen LogP) is -0.0100. The van der Waals surface area contributed by atoms with Gasteiger partial charge in [0.1, 0.15) is 0 Å². The number of tetrazole rings is 1. The Morgan fingerprint density at radius 3 is 3.00 bits per heavy atom. The molecule has 0 amide bonds. The second-order valence-corrected chi connectivity index (χ2v) is 3.12. The standard InChI is InChI=1S/C8H17N5O/c1-7(9-2)8-10-11-12-13(8)5-4-6-14-3/h7,9H,4-6H2,1-3H3. The van der Waals surface area contributed by atoms with E-state index in [0.29, 0.717) is 0 Å². The number of nitrogens with zero attached hydrogens (tertiary/aromatic N) is 4. The van der Waals surface area contributed by atoms with Gasteiger partial charge in [0.25, 0.3) is 0 Å². The molecule has 0 bridgehead atoms. The van der Waals surface area contributed by atoms with Gasteiger partial charge in [0.05, 0.1) is 6.04 Å². The van der Waals surface area contributed by atoms with Crippen LogP contribution in [0.3, 0.4) is 0 Å². The van der Waals surface area contributed by atoms with E-state index in [1.807, 2.05) is 14.0 Å². The minimum atomic E-state index is 0.174. The topological polar surface area (TPSA) is 64.9 Å². The molecule has 0 aliphatic heterocycles. The van der Waals surface area contributed by atoms with Crippen molar-refractivity contribution in [3.8, 4) is 0 Å². The summed E-state index contributed by atoms with van der Waals surface area (Å²) in [6.07, 6.45) is 0.922. The van der Waals surface area contributed by atoms with Crippen molar-refractivity contribution in [1.29, 1.82) is 0 Å². The van der Waals surface area contributed by atoms with E-state index >= 15 is 0 Å². The molecule has 0 aromatic carbocycles. The third-order valence-corrected chi connectivity index (χ3v) is 2.10. The summed E-state index contributed by atoms with van der Waals surface area (Å²) >= 11 is 0. The number of rotatable bonds is 6. The van der Waals surface area contributed by atoms with Crippen molar-refractivity contribution in [2.24, 2.45) is 0 Å². The fraction of sp³-hybridized carbons (Fsp3) is 0.875. The Balaban J connectivity index is 2.53. The predicted molar refractivity (Wildman–Crippen MR) is 51.8 cm³/mol. The lowest BCUT2D eigenvalue weighted by Crippen LogP contribution is -2.19. The van der Waals surface area contributed by atoms with Crippen LogP contribution in [-0.4, -0.2) is 41.0 Å². The van der Waals surface area contributed by atoms with Crippen LogP contribution in [0.2, 0.25) is 0 Å². The van der Waals surface area contributed by atoms with Crippen LogP contribution in [0.4, 0.5) is 0 Å². The van der Waals surface area contributed by atoms with Crippen LogP contribution in [-0.2, 0) is 11.3 Å². The highest BCUT2D eigenvalue weighted by Gasteiger charge is 2.11. The van der Waals surface area contributed by atoms with Gasteiger partial charge in [0, 0.05) is 20.3 Å². The monoisotopic (exact) mass is 199 g/mol. The van der Waals surface area contributed by atoms with Gasteiger partial charge < -0.3 is 10.1 Å². The molecule has 1 unspecified atom stereocenters. The molecule has 6 heteroatoms. The summed E-state index contributed by atoms with van der Waals surface area (Å²) in [5.41, 5.74) is 0. The average Bonchev–Trinajstić information content (AvgIpc) is 2.65. The third-order valence-electron chi connectivity index (χ3n) is 2.10. The largest absolute Gasteiger partial charge is 0.385 e. The van der Waals surface area contributed by atoms with E-state index in [1.165, 1.54) is 0 Å². The van der Waals surface area contributed by atoms with Gasteiger partial charge in [-0.3, -0.25) is 0 Å². The van der Waals surface area contributed by atoms with Crippen LogP contribution in [0.15, 0.2) is 0 Å². The first-order valence-electron chi connectivity index (χ1n) is 4.72. The Morgan fingerprint density at radius 1 is 1.57 bits per heavy atom. The van der Waals surface area contributed by atoms with Gasteiger partial charge in [-0.2, -0.15) is 0 Å². The number of ether oxygens (including phenoxy) is 1. The van der Waals surface area contributed by atoms with E-state index in [9.17, 15) is 0 Å². The Bertz CT molecular complexity index is 262. The molecule has 1 N–H and O–H groups in total. The lowest BCUT2D eigenvalue weighted by molar-refractivity contribution is 0.188. The molecule has 14 heavy (non-hydrogen) atoms. The maximum Gasteiger partial charge on any atom is 0.167 e. The summed E-state index contributed by atoms with van der Waals surface area (Å²) < 4.78 is 6.77. The Kier molecular flexibility index (Phi) is 4.48. The molecule has 6 nitrogen and oxygen atoms in total. The molecule has 0 fully saturated rings. The van der Waals surface area contributed by atoms with Gasteiger partial charge >= 0.3 is 0 Å². The van der Waals surface area contributed by atoms with Crippen LogP contribution in [0.1, 0.15) is 25.2 Å². The van der Waals surface area contributed by atoms with Crippen molar-refractivity contribution in [3.63, 3.8) is 0 Å². The molecule has 1 aromatic rings. The van der Waals surface area contributed by atoms with Crippen LogP contribution in [0, 0.1) is 0 Å². The van der Waals surface area contributed by atoms with Gasteiger partial charge in [-0.25, -0.2) is 4.68 Å². The summed E-state index contributed by atoms with van der Waals surface area (Å²) in [4.78, 5) is 0. The highest BCUT2D eigenvalue weighted by Crippen LogP contribution is 2.06. The molecule has 0 aliphatic rings. The van der Waals surface area contributed by atoms with E-state index in [-0.39, 0.29) is 6.04 Å². The van der Waals surface area contributed by atoms with E-state index in [0.717, 1.165) is 25.4 Å². The highest BCUT2D eigenvalue weighted by molar-refractivity contribution is 4.88. The van der Waals surface area contributed by atoms with Crippen LogP contribution in [0.25, 0.3) is 0 Å². The number of aromatic nitrogens is 4. The van der Waals surface area contributed by atoms with Crippen LogP contribution in [0.5, 0.6) is 0 Å². The minimum absolute atomic E-state index is 0.174. The van der Waals surface area contributed by atoms with Gasteiger partial charge in [0.2, 0.25) is 0 Å². The number of nitrogens with one attached hydrogen (secondary N) is 1. The molecule has 0 radical (unpaired) electrons. The maximum absolute atomic E-state index is 4.97. The van der Waals surface area contributed by atoms with Crippen LogP contribution < -0.4 is 5.32 Å². The van der Waals surface area contributed by atoms with E-state index in [4.69, 9.17) is 4.74 Å². The molecule has 0 spiro atoms. The Labute approximate surface area is 83.6 Å². The van der Waals surface area contributed by atoms with Gasteiger partial charge in [-0.1, -0.05) is 0 Å². The van der Waals surface area contributed by atoms with Crippen molar-refractivity contribution in [3.05, 3.63) is 5.82 Å². The minimum Gasteiger partial charge on any atom is -0.385 e. The molecular formula is C8H17N5O. The van der Waals surface area contributed by atoms with Gasteiger partial charge in [-0.05, 0) is 30.8 Å². The molecule has 0 saturated heterocycles. The lowest BCUT2D eigenvalue weighted by atomic mass is 10.3. The van der Waals surface area contributed by atoms with E-state index in [1.54, 1.807) is 11.8 Å². The van der Waals surface area contributed by atoms with Crippen molar-refractivity contribution in [2.45, 2.75) is 25.9 Å². The quantitative estimate of drug-likeness (QED) is 0.653. The average molecular weight is 199 g/mol. The Hall–Kier alpha value is -1.01. The zero-order valence-corrected chi connectivity index (χ0v) is 8.90. The van der Waals surface area contributed by atoms with Crippen molar-refractivity contribution in [2.75, 3.05) is 20.8 Å². The molecule has 0 aliphatic carbocycles. The summed E-state index contributed by atoms with van der Waals surface area (Å²) in [7, 11) is 3.58. The molecule has 80 valence electrons. The molecule has 1 aromatic heterocycles. The first-order valence-corrected chi connectivity index (χ1v) is 4.72. The molecular weight excluding hydrogens is 182 g/mol. The first-order chi connectivity index (χ1) is 6.79. The number of hydrogen-bond acceptors (Lipinski definition) is 5. The summed E-state index contributed by atoms with van der Waals surface area (Å²) in [5, 5.41) is 14.6. The zero-order chi connectivity index (χ0) is 10.4. The second kappa shape index (κ2) is 5.66. The normalized spacial score (nSPS) is 13.1. The van der Waals surface area contributed by atoms with Crippen molar-refractivity contribution in [1.82, 2.24) is 25.5 Å². The second-order valence-electron chi connectivity index (χ2n) is 3.12. The molecule has 0 saturated carbocycles. The van der Waals surface area contributed by atoms with Crippen molar-refractivity contribution >= 4 is 0 Å². The van der Waals surface area contributed by atoms with Gasteiger partial charge in [0.15, 0.2) is 5.82 Å². The number of methoxy groups -OCH3 is 1. The Morgan fingerprint density at radius 2 is 2.36 bits per heavy atom. The van der Waals surface area contributed by atoms with Gasteiger partial charge in [-0.15, -0.1) is 5.10 Å².